The molecule has 0 aliphatic rings. The zero-order valence-corrected chi connectivity index (χ0v) is 9.10. The molecule has 2 aromatic heterocycles. The van der Waals surface area contributed by atoms with Crippen molar-refractivity contribution in [2.24, 2.45) is 0 Å². The van der Waals surface area contributed by atoms with E-state index in [1.807, 2.05) is 17.5 Å². The average molecular weight is 221 g/mol. The molecule has 0 saturated carbocycles. The molecule has 0 bridgehead atoms. The van der Waals surface area contributed by atoms with Crippen LogP contribution in [0.5, 0.6) is 0 Å². The second-order valence-corrected chi connectivity index (χ2v) is 4.04. The van der Waals surface area contributed by atoms with Crippen molar-refractivity contribution >= 4 is 11.3 Å². The van der Waals surface area contributed by atoms with E-state index >= 15 is 0 Å². The van der Waals surface area contributed by atoms with E-state index in [1.165, 1.54) is 0 Å². The van der Waals surface area contributed by atoms with Crippen LogP contribution in [-0.4, -0.2) is 17.0 Å². The van der Waals surface area contributed by atoms with Gasteiger partial charge in [-0.3, -0.25) is 4.79 Å². The third-order valence-electron chi connectivity index (χ3n) is 1.99. The summed E-state index contributed by atoms with van der Waals surface area (Å²) in [5, 5.41) is 4.88. The Hall–Kier alpha value is -1.46. The van der Waals surface area contributed by atoms with E-state index in [1.54, 1.807) is 24.6 Å². The lowest BCUT2D eigenvalue weighted by atomic mass is 10.3. The molecule has 78 valence electrons. The van der Waals surface area contributed by atoms with E-state index in [4.69, 9.17) is 0 Å². The van der Waals surface area contributed by atoms with E-state index in [2.05, 4.69) is 15.3 Å². The number of nitrogens with one attached hydrogen (secondary N) is 2. The molecule has 15 heavy (non-hydrogen) atoms. The average Bonchev–Trinajstić information content (AvgIpc) is 2.74. The molecule has 0 aromatic carbocycles. The van der Waals surface area contributed by atoms with Crippen molar-refractivity contribution in [1.82, 2.24) is 15.3 Å². The van der Waals surface area contributed by atoms with Crippen LogP contribution in [0.4, 0.5) is 0 Å². The topological polar surface area (TPSA) is 57.8 Å². The first-order chi connectivity index (χ1) is 7.31. The number of hydrogen-bond donors (Lipinski definition) is 2. The monoisotopic (exact) mass is 221 g/mol. The highest BCUT2D eigenvalue weighted by atomic mass is 32.1. The van der Waals surface area contributed by atoms with Gasteiger partial charge in [0, 0.05) is 18.3 Å². The Morgan fingerprint density at radius 3 is 3.07 bits per heavy atom. The Labute approximate surface area is 91.0 Å². The Kier molecular flexibility index (Phi) is 2.94. The summed E-state index contributed by atoms with van der Waals surface area (Å²) in [5.74, 6) is 0.634. The number of thiophene rings is 1. The fourth-order valence-corrected chi connectivity index (χ4v) is 1.95. The Morgan fingerprint density at radius 2 is 2.47 bits per heavy atom. The largest absolute Gasteiger partial charge is 0.315 e. The van der Waals surface area contributed by atoms with Gasteiger partial charge in [0.1, 0.15) is 5.82 Å². The standard InChI is InChI=1S/C10H11N3OS/c1-11-5-7-6-12-9(13-10(7)14)8-3-2-4-15-8/h2-4,6,11H,5H2,1H3,(H,12,13,14). The fourth-order valence-electron chi connectivity index (χ4n) is 1.28. The van der Waals surface area contributed by atoms with Gasteiger partial charge in [0.25, 0.3) is 5.56 Å². The summed E-state index contributed by atoms with van der Waals surface area (Å²) in [7, 11) is 1.80. The summed E-state index contributed by atoms with van der Waals surface area (Å²) < 4.78 is 0. The van der Waals surface area contributed by atoms with Crippen LogP contribution >= 0.6 is 11.3 Å². The third-order valence-corrected chi connectivity index (χ3v) is 2.87. The minimum Gasteiger partial charge on any atom is -0.315 e. The maximum Gasteiger partial charge on any atom is 0.255 e. The molecule has 4 nitrogen and oxygen atoms in total. The van der Waals surface area contributed by atoms with Gasteiger partial charge in [-0.15, -0.1) is 11.3 Å². The predicted octanol–water partition coefficient (Wildman–Crippen LogP) is 1.22. The smallest absolute Gasteiger partial charge is 0.255 e. The SMILES string of the molecule is CNCc1cnc(-c2cccs2)[nH]c1=O. The fraction of sp³-hybridized carbons (Fsp3) is 0.200. The number of rotatable bonds is 3. The van der Waals surface area contributed by atoms with Crippen LogP contribution in [0.2, 0.25) is 0 Å². The molecule has 0 atom stereocenters. The molecule has 0 amide bonds. The maximum absolute atomic E-state index is 11.6. The summed E-state index contributed by atoms with van der Waals surface area (Å²) >= 11 is 1.56. The predicted molar refractivity (Wildman–Crippen MR) is 60.9 cm³/mol. The number of nitrogens with zero attached hydrogens (tertiary/aromatic N) is 1. The highest BCUT2D eigenvalue weighted by molar-refractivity contribution is 7.13. The maximum atomic E-state index is 11.6. The molecule has 2 rings (SSSR count). The molecule has 0 aliphatic heterocycles. The van der Waals surface area contributed by atoms with Crippen LogP contribution < -0.4 is 10.9 Å². The highest BCUT2D eigenvalue weighted by Crippen LogP contribution is 2.19. The van der Waals surface area contributed by atoms with Gasteiger partial charge in [0.05, 0.1) is 4.88 Å². The molecular weight excluding hydrogens is 210 g/mol. The Bertz CT molecular complexity index is 490. The van der Waals surface area contributed by atoms with E-state index < -0.39 is 0 Å². The molecule has 2 heterocycles. The summed E-state index contributed by atoms with van der Waals surface area (Å²) in [5.41, 5.74) is 0.570. The zero-order valence-electron chi connectivity index (χ0n) is 8.28. The molecule has 0 unspecified atom stereocenters. The second kappa shape index (κ2) is 4.37. The summed E-state index contributed by atoms with van der Waals surface area (Å²) in [4.78, 5) is 19.6. The van der Waals surface area contributed by atoms with Gasteiger partial charge >= 0.3 is 0 Å². The van der Waals surface area contributed by atoms with Crippen molar-refractivity contribution < 1.29 is 0 Å². The Morgan fingerprint density at radius 1 is 1.60 bits per heavy atom. The van der Waals surface area contributed by atoms with E-state index in [0.717, 1.165) is 4.88 Å². The van der Waals surface area contributed by atoms with Gasteiger partial charge in [-0.05, 0) is 18.5 Å². The van der Waals surface area contributed by atoms with Crippen molar-refractivity contribution in [3.8, 4) is 10.7 Å². The molecule has 2 N–H and O–H groups in total. The third kappa shape index (κ3) is 2.14. The van der Waals surface area contributed by atoms with Gasteiger partial charge in [-0.25, -0.2) is 4.98 Å². The molecule has 5 heteroatoms. The molecule has 0 spiro atoms. The first-order valence-electron chi connectivity index (χ1n) is 4.58. The van der Waals surface area contributed by atoms with Crippen molar-refractivity contribution in [3.05, 3.63) is 39.6 Å². The van der Waals surface area contributed by atoms with Crippen LogP contribution in [-0.2, 0) is 6.54 Å². The van der Waals surface area contributed by atoms with Crippen molar-refractivity contribution in [2.75, 3.05) is 7.05 Å². The van der Waals surface area contributed by atoms with Crippen LogP contribution in [0.1, 0.15) is 5.56 Å². The summed E-state index contributed by atoms with van der Waals surface area (Å²) in [6, 6.07) is 3.86. The van der Waals surface area contributed by atoms with Crippen LogP contribution in [0.3, 0.4) is 0 Å². The lowest BCUT2D eigenvalue weighted by Gasteiger charge is -2.00. The quantitative estimate of drug-likeness (QED) is 0.819. The highest BCUT2D eigenvalue weighted by Gasteiger charge is 2.04. The number of hydrogen-bond acceptors (Lipinski definition) is 4. The first-order valence-corrected chi connectivity index (χ1v) is 5.46. The van der Waals surface area contributed by atoms with E-state index in [0.29, 0.717) is 17.9 Å². The van der Waals surface area contributed by atoms with Gasteiger partial charge in [0.15, 0.2) is 0 Å². The van der Waals surface area contributed by atoms with Crippen LogP contribution in [0.25, 0.3) is 10.7 Å². The molecule has 0 fully saturated rings. The second-order valence-electron chi connectivity index (χ2n) is 3.09. The van der Waals surface area contributed by atoms with Gasteiger partial charge in [0.2, 0.25) is 0 Å². The van der Waals surface area contributed by atoms with Crippen LogP contribution in [0, 0.1) is 0 Å². The minimum atomic E-state index is -0.0808. The Balaban J connectivity index is 2.38. The van der Waals surface area contributed by atoms with Crippen molar-refractivity contribution in [3.63, 3.8) is 0 Å². The van der Waals surface area contributed by atoms with Crippen LogP contribution in [0.15, 0.2) is 28.5 Å². The lowest BCUT2D eigenvalue weighted by Crippen LogP contribution is -2.19. The zero-order chi connectivity index (χ0) is 10.7. The van der Waals surface area contributed by atoms with E-state index in [-0.39, 0.29) is 5.56 Å². The number of aromatic nitrogens is 2. The number of H-pyrrole nitrogens is 1. The van der Waals surface area contributed by atoms with E-state index in [9.17, 15) is 4.79 Å². The molecule has 0 radical (unpaired) electrons. The van der Waals surface area contributed by atoms with Crippen molar-refractivity contribution in [1.29, 1.82) is 0 Å². The van der Waals surface area contributed by atoms with Gasteiger partial charge < -0.3 is 10.3 Å². The van der Waals surface area contributed by atoms with Gasteiger partial charge in [-0.1, -0.05) is 6.07 Å². The molecule has 0 aliphatic carbocycles. The first kappa shape index (κ1) is 10.1. The normalized spacial score (nSPS) is 10.5. The molecule has 2 aromatic rings. The lowest BCUT2D eigenvalue weighted by molar-refractivity contribution is 0.798. The van der Waals surface area contributed by atoms with Crippen molar-refractivity contribution in [2.45, 2.75) is 6.54 Å². The minimum absolute atomic E-state index is 0.0808. The molecular formula is C10H11N3OS. The molecule has 0 saturated heterocycles. The summed E-state index contributed by atoms with van der Waals surface area (Å²) in [6.45, 7) is 0.535. The number of aromatic amines is 1. The summed E-state index contributed by atoms with van der Waals surface area (Å²) in [6.07, 6.45) is 1.62. The van der Waals surface area contributed by atoms with Gasteiger partial charge in [-0.2, -0.15) is 0 Å².